The van der Waals surface area contributed by atoms with Crippen molar-refractivity contribution >= 4 is 0 Å². The van der Waals surface area contributed by atoms with Crippen molar-refractivity contribution in [3.8, 4) is 0 Å². The lowest BCUT2D eigenvalue weighted by Crippen LogP contribution is -2.48. The Morgan fingerprint density at radius 1 is 1.06 bits per heavy atom. The summed E-state index contributed by atoms with van der Waals surface area (Å²) in [6.45, 7) is 7.23. The van der Waals surface area contributed by atoms with E-state index in [1.165, 1.54) is 50.8 Å². The molecule has 2 aliphatic rings. The van der Waals surface area contributed by atoms with Crippen LogP contribution < -0.4 is 0 Å². The molecule has 0 aromatic heterocycles. The van der Waals surface area contributed by atoms with Crippen LogP contribution in [0.25, 0.3) is 0 Å². The Morgan fingerprint density at radius 2 is 1.67 bits per heavy atom. The fourth-order valence-electron chi connectivity index (χ4n) is 3.38. The van der Waals surface area contributed by atoms with Crippen molar-refractivity contribution in [3.05, 3.63) is 35.4 Å². The maximum absolute atomic E-state index is 2.74. The van der Waals surface area contributed by atoms with Crippen LogP contribution in [0.2, 0.25) is 0 Å². The molecule has 1 aromatic carbocycles. The van der Waals surface area contributed by atoms with Crippen molar-refractivity contribution in [2.75, 3.05) is 13.1 Å². The Hall–Kier alpha value is -0.820. The highest BCUT2D eigenvalue weighted by molar-refractivity contribution is 5.28. The predicted molar refractivity (Wildman–Crippen MR) is 77.0 cm³/mol. The van der Waals surface area contributed by atoms with Crippen molar-refractivity contribution < 1.29 is 0 Å². The fraction of sp³-hybridized carbons (Fsp3) is 0.647. The lowest BCUT2D eigenvalue weighted by atomic mass is 9.73. The van der Waals surface area contributed by atoms with Gasteiger partial charge in [0.05, 0.1) is 0 Å². The van der Waals surface area contributed by atoms with E-state index in [2.05, 4.69) is 43.0 Å². The number of likely N-dealkylation sites (tertiary alicyclic amines) is 1. The first-order valence-electron chi connectivity index (χ1n) is 7.49. The average Bonchev–Trinajstić information content (AvgIpc) is 2.31. The molecule has 0 unspecified atom stereocenters. The van der Waals surface area contributed by atoms with E-state index in [-0.39, 0.29) is 0 Å². The van der Waals surface area contributed by atoms with Gasteiger partial charge in [-0.25, -0.2) is 0 Å². The fourth-order valence-corrected chi connectivity index (χ4v) is 3.38. The highest BCUT2D eigenvalue weighted by Crippen LogP contribution is 2.37. The largest absolute Gasteiger partial charge is 0.300 e. The highest BCUT2D eigenvalue weighted by atomic mass is 15.2. The van der Waals surface area contributed by atoms with Gasteiger partial charge in [0, 0.05) is 6.04 Å². The average molecular weight is 243 g/mol. The van der Waals surface area contributed by atoms with Crippen molar-refractivity contribution in [1.82, 2.24) is 4.90 Å². The zero-order chi connectivity index (χ0) is 12.6. The van der Waals surface area contributed by atoms with Gasteiger partial charge < -0.3 is 4.90 Å². The summed E-state index contributed by atoms with van der Waals surface area (Å²) in [4.78, 5) is 2.74. The van der Waals surface area contributed by atoms with Gasteiger partial charge in [-0.05, 0) is 56.7 Å². The zero-order valence-electron chi connectivity index (χ0n) is 11.8. The molecule has 1 heterocycles. The number of rotatable bonds is 2. The van der Waals surface area contributed by atoms with Crippen LogP contribution in [0.3, 0.4) is 0 Å². The number of piperidine rings is 1. The summed E-state index contributed by atoms with van der Waals surface area (Å²) in [7, 11) is 0. The van der Waals surface area contributed by atoms with E-state index in [0.29, 0.717) is 5.41 Å². The lowest BCUT2D eigenvalue weighted by molar-refractivity contribution is 0.0773. The number of benzene rings is 1. The van der Waals surface area contributed by atoms with Gasteiger partial charge in [0.25, 0.3) is 0 Å². The van der Waals surface area contributed by atoms with E-state index >= 15 is 0 Å². The van der Waals surface area contributed by atoms with Gasteiger partial charge >= 0.3 is 0 Å². The van der Waals surface area contributed by atoms with Crippen LogP contribution in [0.15, 0.2) is 24.3 Å². The van der Waals surface area contributed by atoms with Crippen LogP contribution in [0.5, 0.6) is 0 Å². The summed E-state index contributed by atoms with van der Waals surface area (Å²) < 4.78 is 0. The summed E-state index contributed by atoms with van der Waals surface area (Å²) in [5, 5.41) is 0. The second-order valence-electron chi connectivity index (χ2n) is 6.55. The molecular formula is C17H25N. The van der Waals surface area contributed by atoms with Crippen LogP contribution in [-0.4, -0.2) is 24.0 Å². The summed E-state index contributed by atoms with van der Waals surface area (Å²) in [6, 6.07) is 10.1. The van der Waals surface area contributed by atoms with E-state index < -0.39 is 0 Å². The molecule has 3 rings (SSSR count). The maximum Gasteiger partial charge on any atom is 0.00952 e. The zero-order valence-corrected chi connectivity index (χ0v) is 11.8. The molecule has 2 fully saturated rings. The van der Waals surface area contributed by atoms with Crippen LogP contribution in [0, 0.1) is 6.92 Å². The minimum Gasteiger partial charge on any atom is -0.300 e. The molecule has 1 aliphatic carbocycles. The van der Waals surface area contributed by atoms with E-state index in [1.54, 1.807) is 5.56 Å². The van der Waals surface area contributed by atoms with E-state index in [0.717, 1.165) is 6.04 Å². The third kappa shape index (κ3) is 2.21. The van der Waals surface area contributed by atoms with Crippen molar-refractivity contribution in [2.45, 2.75) is 57.4 Å². The van der Waals surface area contributed by atoms with Crippen LogP contribution in [0.1, 0.15) is 50.2 Å². The molecule has 1 saturated carbocycles. The molecule has 0 atom stereocenters. The van der Waals surface area contributed by atoms with Gasteiger partial charge in [0.2, 0.25) is 0 Å². The summed E-state index contributed by atoms with van der Waals surface area (Å²) >= 11 is 0. The normalized spacial score (nSPS) is 24.8. The van der Waals surface area contributed by atoms with Crippen molar-refractivity contribution in [2.24, 2.45) is 0 Å². The summed E-state index contributed by atoms with van der Waals surface area (Å²) in [5.41, 5.74) is 3.32. The molecule has 0 spiro atoms. The molecule has 0 amide bonds. The van der Waals surface area contributed by atoms with Crippen LogP contribution in [0.4, 0.5) is 0 Å². The molecular weight excluding hydrogens is 218 g/mol. The van der Waals surface area contributed by atoms with Crippen molar-refractivity contribution in [3.63, 3.8) is 0 Å². The first-order valence-corrected chi connectivity index (χ1v) is 7.49. The Balaban J connectivity index is 1.67. The quantitative estimate of drug-likeness (QED) is 0.761. The number of aryl methyl sites for hydroxylation is 1. The number of hydrogen-bond acceptors (Lipinski definition) is 1. The van der Waals surface area contributed by atoms with E-state index in [1.807, 2.05) is 0 Å². The van der Waals surface area contributed by atoms with E-state index in [4.69, 9.17) is 0 Å². The molecule has 1 aliphatic heterocycles. The van der Waals surface area contributed by atoms with E-state index in [9.17, 15) is 0 Å². The number of hydrogen-bond donors (Lipinski definition) is 0. The lowest BCUT2D eigenvalue weighted by Gasteiger charge is -2.45. The molecule has 1 saturated heterocycles. The Morgan fingerprint density at radius 3 is 2.17 bits per heavy atom. The molecule has 1 nitrogen and oxygen atoms in total. The minimum atomic E-state index is 0.411. The first-order chi connectivity index (χ1) is 8.67. The van der Waals surface area contributed by atoms with Gasteiger partial charge in [-0.2, -0.15) is 0 Å². The Bertz CT molecular complexity index is 394. The first kappa shape index (κ1) is 12.2. The van der Waals surface area contributed by atoms with Gasteiger partial charge in [-0.15, -0.1) is 0 Å². The second kappa shape index (κ2) is 4.70. The third-order valence-corrected chi connectivity index (χ3v) is 5.24. The van der Waals surface area contributed by atoms with Gasteiger partial charge in [0.15, 0.2) is 0 Å². The van der Waals surface area contributed by atoms with Crippen molar-refractivity contribution in [1.29, 1.82) is 0 Å². The molecule has 0 N–H and O–H groups in total. The molecule has 98 valence electrons. The minimum absolute atomic E-state index is 0.411. The molecule has 0 bridgehead atoms. The predicted octanol–water partition coefficient (Wildman–Crippen LogP) is 3.90. The van der Waals surface area contributed by atoms with Gasteiger partial charge in [-0.3, -0.25) is 0 Å². The SMILES string of the molecule is Cc1ccc(C2(C)CCN(C3CCC3)CC2)cc1. The molecule has 18 heavy (non-hydrogen) atoms. The second-order valence-corrected chi connectivity index (χ2v) is 6.55. The maximum atomic E-state index is 2.74. The standard InChI is InChI=1S/C17H25N/c1-14-6-8-15(9-7-14)17(2)10-12-18(13-11-17)16-4-3-5-16/h6-9,16H,3-5,10-13H2,1-2H3. The van der Waals surface area contributed by atoms with Gasteiger partial charge in [-0.1, -0.05) is 43.2 Å². The molecule has 1 heteroatoms. The monoisotopic (exact) mass is 243 g/mol. The summed E-state index contributed by atoms with van der Waals surface area (Å²) in [6.07, 6.45) is 7.00. The molecule has 1 aromatic rings. The Labute approximate surface area is 111 Å². The third-order valence-electron chi connectivity index (χ3n) is 5.24. The highest BCUT2D eigenvalue weighted by Gasteiger charge is 2.35. The Kier molecular flexibility index (Phi) is 3.19. The summed E-state index contributed by atoms with van der Waals surface area (Å²) in [5.74, 6) is 0. The van der Waals surface area contributed by atoms with Crippen LogP contribution >= 0.6 is 0 Å². The molecule has 0 radical (unpaired) electrons. The topological polar surface area (TPSA) is 3.24 Å². The smallest absolute Gasteiger partial charge is 0.00952 e. The van der Waals surface area contributed by atoms with Crippen LogP contribution in [-0.2, 0) is 5.41 Å². The number of nitrogens with zero attached hydrogens (tertiary/aromatic N) is 1. The van der Waals surface area contributed by atoms with Gasteiger partial charge in [0.1, 0.15) is 0 Å².